The predicted octanol–water partition coefficient (Wildman–Crippen LogP) is 4.30. The first-order chi connectivity index (χ1) is 16.8. The van der Waals surface area contributed by atoms with Crippen LogP contribution in [0, 0.1) is 10.1 Å². The normalized spacial score (nSPS) is 11.0. The average Bonchev–Trinajstić information content (AvgIpc) is 3.21. The lowest BCUT2D eigenvalue weighted by atomic mass is 10.1. The van der Waals surface area contributed by atoms with E-state index in [9.17, 15) is 19.7 Å². The average molecular weight is 565 g/mol. The number of anilines is 1. The van der Waals surface area contributed by atoms with E-state index in [1.54, 1.807) is 19.1 Å². The molecule has 2 N–H and O–H groups in total. The van der Waals surface area contributed by atoms with E-state index in [2.05, 4.69) is 35.1 Å². The number of carbonyl (C=O) groups is 2. The van der Waals surface area contributed by atoms with Crippen molar-refractivity contribution in [3.63, 3.8) is 0 Å². The second-order valence-corrected chi connectivity index (χ2v) is 9.47. The molecule has 0 radical (unpaired) electrons. The van der Waals surface area contributed by atoms with Gasteiger partial charge in [0.05, 0.1) is 33.8 Å². The number of rotatable bonds is 11. The molecule has 0 saturated heterocycles. The number of nitrogens with zero attached hydrogens (tertiary/aromatic N) is 1. The minimum atomic E-state index is -0.557. The molecule has 1 heterocycles. The molecule has 0 bridgehead atoms. The quantitative estimate of drug-likeness (QED) is 0.204. The fourth-order valence-corrected chi connectivity index (χ4v) is 5.31. The third-order valence-corrected chi connectivity index (χ3v) is 7.26. The molecule has 0 unspecified atom stereocenters. The van der Waals surface area contributed by atoms with E-state index in [-0.39, 0.29) is 23.4 Å². The van der Waals surface area contributed by atoms with Gasteiger partial charge >= 0.3 is 5.97 Å². The van der Waals surface area contributed by atoms with Gasteiger partial charge in [-0.3, -0.25) is 14.9 Å². The van der Waals surface area contributed by atoms with Crippen LogP contribution in [0.25, 0.3) is 10.1 Å². The second kappa shape index (κ2) is 12.1. The number of carbonyl (C=O) groups excluding carboxylic acids is 2. The number of amides is 1. The zero-order valence-electron chi connectivity index (χ0n) is 19.7. The number of fused-ring (bicyclic) bond motifs is 1. The van der Waals surface area contributed by atoms with Crippen LogP contribution < -0.4 is 15.0 Å². The largest absolute Gasteiger partial charge is 0.485 e. The number of hydrogen-bond donors (Lipinski definition) is 2. The summed E-state index contributed by atoms with van der Waals surface area (Å²) in [7, 11) is 0. The molecule has 3 rings (SSSR count). The molecule has 11 heteroatoms. The molecule has 35 heavy (non-hydrogen) atoms. The van der Waals surface area contributed by atoms with Crippen LogP contribution in [0.3, 0.4) is 0 Å². The van der Waals surface area contributed by atoms with Gasteiger partial charge in [-0.05, 0) is 54.9 Å². The van der Waals surface area contributed by atoms with Crippen molar-refractivity contribution in [2.45, 2.75) is 20.8 Å². The van der Waals surface area contributed by atoms with Crippen molar-refractivity contribution in [1.29, 1.82) is 0 Å². The molecule has 0 aliphatic heterocycles. The Morgan fingerprint density at radius 1 is 1.11 bits per heavy atom. The number of esters is 1. The van der Waals surface area contributed by atoms with Crippen molar-refractivity contribution in [2.24, 2.45) is 0 Å². The standard InChI is InChI=1S/C24H26BrN3O6S/c1-4-27(5-2)13-14-34-20-18(25)12-11-17-19(24(30)33-6-3)23(35-21(17)20)26-22(29)15-7-9-16(10-8-15)28(31)32/h7-12H,4-6,13-14H2,1-3H3,(H,26,29)/p+1. The van der Waals surface area contributed by atoms with Crippen molar-refractivity contribution in [3.8, 4) is 5.75 Å². The first-order valence-corrected chi connectivity index (χ1v) is 12.9. The van der Waals surface area contributed by atoms with Crippen LogP contribution in [-0.2, 0) is 4.74 Å². The van der Waals surface area contributed by atoms with Crippen LogP contribution in [0.15, 0.2) is 40.9 Å². The van der Waals surface area contributed by atoms with E-state index >= 15 is 0 Å². The number of quaternary nitrogens is 1. The lowest BCUT2D eigenvalue weighted by Crippen LogP contribution is -3.12. The van der Waals surface area contributed by atoms with Gasteiger partial charge in [0.1, 0.15) is 23.7 Å². The molecule has 3 aromatic rings. The minimum Gasteiger partial charge on any atom is -0.485 e. The molecular weight excluding hydrogens is 538 g/mol. The van der Waals surface area contributed by atoms with Crippen molar-refractivity contribution in [1.82, 2.24) is 0 Å². The number of benzene rings is 2. The Bertz CT molecular complexity index is 1220. The van der Waals surface area contributed by atoms with Gasteiger partial charge in [-0.1, -0.05) is 6.07 Å². The van der Waals surface area contributed by atoms with Crippen LogP contribution in [0.5, 0.6) is 5.75 Å². The van der Waals surface area contributed by atoms with Crippen LogP contribution >= 0.6 is 27.3 Å². The van der Waals surface area contributed by atoms with E-state index in [0.717, 1.165) is 24.1 Å². The summed E-state index contributed by atoms with van der Waals surface area (Å²) in [4.78, 5) is 37.5. The number of ether oxygens (including phenoxy) is 2. The Morgan fingerprint density at radius 2 is 1.80 bits per heavy atom. The summed E-state index contributed by atoms with van der Waals surface area (Å²) in [5.41, 5.74) is 0.352. The summed E-state index contributed by atoms with van der Waals surface area (Å²) in [6, 6.07) is 8.84. The van der Waals surface area contributed by atoms with Crippen LogP contribution in [0.4, 0.5) is 10.7 Å². The van der Waals surface area contributed by atoms with E-state index in [1.807, 2.05) is 0 Å². The number of nitrogens with one attached hydrogen (secondary N) is 2. The monoisotopic (exact) mass is 564 g/mol. The number of nitro benzene ring substituents is 1. The smallest absolute Gasteiger partial charge is 0.341 e. The van der Waals surface area contributed by atoms with Crippen molar-refractivity contribution in [2.75, 3.05) is 38.2 Å². The van der Waals surface area contributed by atoms with Crippen molar-refractivity contribution < 1.29 is 28.9 Å². The maximum atomic E-state index is 12.9. The molecule has 2 aromatic carbocycles. The second-order valence-electron chi connectivity index (χ2n) is 7.59. The third-order valence-electron chi connectivity index (χ3n) is 5.51. The molecule has 0 spiro atoms. The number of likely N-dealkylation sites (N-methyl/N-ethyl adjacent to an activating group) is 1. The van der Waals surface area contributed by atoms with Gasteiger partial charge in [0, 0.05) is 23.1 Å². The summed E-state index contributed by atoms with van der Waals surface area (Å²) in [5.74, 6) is -0.456. The zero-order chi connectivity index (χ0) is 25.5. The molecule has 1 aromatic heterocycles. The molecule has 0 aliphatic rings. The summed E-state index contributed by atoms with van der Waals surface area (Å²) in [6.45, 7) is 9.45. The van der Waals surface area contributed by atoms with E-state index in [1.165, 1.54) is 40.5 Å². The summed E-state index contributed by atoms with van der Waals surface area (Å²) < 4.78 is 12.8. The fraction of sp³-hybridized carbons (Fsp3) is 0.333. The Morgan fingerprint density at radius 3 is 2.40 bits per heavy atom. The maximum absolute atomic E-state index is 12.9. The number of hydrogen-bond acceptors (Lipinski definition) is 7. The molecule has 1 amide bonds. The highest BCUT2D eigenvalue weighted by molar-refractivity contribution is 9.10. The molecule has 0 saturated carbocycles. The van der Waals surface area contributed by atoms with Gasteiger partial charge in [0.25, 0.3) is 11.6 Å². The molecule has 0 fully saturated rings. The highest BCUT2D eigenvalue weighted by Gasteiger charge is 2.25. The van der Waals surface area contributed by atoms with Gasteiger partial charge < -0.3 is 19.7 Å². The van der Waals surface area contributed by atoms with Gasteiger partial charge in [-0.25, -0.2) is 4.79 Å². The topological polar surface area (TPSA) is 112 Å². The third kappa shape index (κ3) is 6.16. The van der Waals surface area contributed by atoms with Crippen LogP contribution in [-0.4, -0.2) is 49.6 Å². The number of halogens is 1. The first kappa shape index (κ1) is 26.6. The van der Waals surface area contributed by atoms with E-state index in [0.29, 0.717) is 27.4 Å². The summed E-state index contributed by atoms with van der Waals surface area (Å²) in [5, 5.41) is 14.6. The van der Waals surface area contributed by atoms with Gasteiger partial charge in [-0.2, -0.15) is 0 Å². The summed E-state index contributed by atoms with van der Waals surface area (Å²) >= 11 is 4.76. The highest BCUT2D eigenvalue weighted by atomic mass is 79.9. The Kier molecular flexibility index (Phi) is 9.19. The van der Waals surface area contributed by atoms with Crippen LogP contribution in [0.2, 0.25) is 0 Å². The Hall–Kier alpha value is -3.02. The fourth-order valence-electron chi connectivity index (χ4n) is 3.55. The Balaban J connectivity index is 1.98. The highest BCUT2D eigenvalue weighted by Crippen LogP contribution is 2.44. The number of thiophene rings is 1. The molecule has 0 aliphatic carbocycles. The molecule has 0 atom stereocenters. The predicted molar refractivity (Wildman–Crippen MR) is 139 cm³/mol. The number of non-ortho nitro benzene ring substituents is 1. The van der Waals surface area contributed by atoms with Gasteiger partial charge in [0.2, 0.25) is 0 Å². The SMILES string of the molecule is CCOC(=O)c1c(NC(=O)c2ccc([N+](=O)[O-])cc2)sc2c(OCC[NH+](CC)CC)c(Br)ccc12. The van der Waals surface area contributed by atoms with E-state index in [4.69, 9.17) is 9.47 Å². The number of nitro groups is 1. The zero-order valence-corrected chi connectivity index (χ0v) is 22.1. The lowest BCUT2D eigenvalue weighted by Gasteiger charge is -2.16. The first-order valence-electron chi connectivity index (χ1n) is 11.2. The molecule has 186 valence electrons. The Labute approximate surface area is 215 Å². The lowest BCUT2D eigenvalue weighted by molar-refractivity contribution is -0.896. The minimum absolute atomic E-state index is 0.117. The van der Waals surface area contributed by atoms with E-state index < -0.39 is 16.8 Å². The summed E-state index contributed by atoms with van der Waals surface area (Å²) in [6.07, 6.45) is 0. The van der Waals surface area contributed by atoms with Crippen molar-refractivity contribution >= 4 is 59.9 Å². The van der Waals surface area contributed by atoms with Gasteiger partial charge in [0.15, 0.2) is 5.75 Å². The van der Waals surface area contributed by atoms with Crippen LogP contribution in [0.1, 0.15) is 41.5 Å². The maximum Gasteiger partial charge on any atom is 0.341 e. The van der Waals surface area contributed by atoms with Crippen molar-refractivity contribution in [3.05, 3.63) is 62.1 Å². The molecular formula is C24H27BrN3O6S+. The van der Waals surface area contributed by atoms with Gasteiger partial charge in [-0.15, -0.1) is 11.3 Å². The molecule has 9 nitrogen and oxygen atoms in total.